The van der Waals surface area contributed by atoms with Gasteiger partial charge in [0.1, 0.15) is 17.2 Å². The highest BCUT2D eigenvalue weighted by atomic mass is 19.1. The van der Waals surface area contributed by atoms with Gasteiger partial charge in [-0.2, -0.15) is 0 Å². The largest absolute Gasteiger partial charge is 0.336 e. The lowest BCUT2D eigenvalue weighted by Crippen LogP contribution is -2.31. The number of amides is 2. The van der Waals surface area contributed by atoms with Crippen molar-refractivity contribution < 1.29 is 9.18 Å². The molecule has 0 aliphatic carbocycles. The van der Waals surface area contributed by atoms with E-state index in [2.05, 4.69) is 20.6 Å². The molecule has 6 nitrogen and oxygen atoms in total. The van der Waals surface area contributed by atoms with Gasteiger partial charge in [0, 0.05) is 30.5 Å². The first-order valence-corrected chi connectivity index (χ1v) is 9.70. The number of hydrogen-bond donors (Lipinski definition) is 2. The molecule has 7 heteroatoms. The third-order valence-electron chi connectivity index (χ3n) is 4.99. The molecule has 2 heterocycles. The Balaban J connectivity index is 1.49. The van der Waals surface area contributed by atoms with E-state index in [0.717, 1.165) is 22.3 Å². The van der Waals surface area contributed by atoms with Crippen LogP contribution in [0.15, 0.2) is 60.8 Å². The zero-order chi connectivity index (χ0) is 21.1. The van der Waals surface area contributed by atoms with Gasteiger partial charge in [-0.05, 0) is 73.5 Å². The summed E-state index contributed by atoms with van der Waals surface area (Å²) >= 11 is 0. The Kier molecular flexibility index (Phi) is 5.43. The molecule has 2 aromatic heterocycles. The Morgan fingerprint density at radius 2 is 1.87 bits per heavy atom. The number of imidazole rings is 1. The van der Waals surface area contributed by atoms with Crippen LogP contribution in [-0.2, 0) is 6.54 Å². The molecule has 0 atom stereocenters. The average molecular weight is 403 g/mol. The van der Waals surface area contributed by atoms with Gasteiger partial charge in [-0.25, -0.2) is 19.2 Å². The molecule has 2 aromatic carbocycles. The van der Waals surface area contributed by atoms with E-state index in [9.17, 15) is 9.18 Å². The SMILES string of the molecule is Cc1ccc(NC(=O)NCCn2c(-c3ccc(F)cc3)nc3cccnc32)cc1C. The zero-order valence-corrected chi connectivity index (χ0v) is 16.8. The number of anilines is 1. The summed E-state index contributed by atoms with van der Waals surface area (Å²) in [6.45, 7) is 4.89. The number of nitrogens with one attached hydrogen (secondary N) is 2. The quantitative estimate of drug-likeness (QED) is 0.508. The molecule has 0 aliphatic heterocycles. The van der Waals surface area contributed by atoms with E-state index in [0.29, 0.717) is 24.6 Å². The molecule has 0 bridgehead atoms. The normalized spacial score (nSPS) is 10.9. The second-order valence-corrected chi connectivity index (χ2v) is 7.12. The van der Waals surface area contributed by atoms with Crippen LogP contribution in [-0.4, -0.2) is 27.1 Å². The highest BCUT2D eigenvalue weighted by Gasteiger charge is 2.14. The van der Waals surface area contributed by atoms with Crippen molar-refractivity contribution >= 4 is 22.9 Å². The van der Waals surface area contributed by atoms with Gasteiger partial charge in [-0.3, -0.25) is 0 Å². The Morgan fingerprint density at radius 3 is 2.63 bits per heavy atom. The summed E-state index contributed by atoms with van der Waals surface area (Å²) < 4.78 is 15.3. The molecule has 0 fully saturated rings. The van der Waals surface area contributed by atoms with E-state index in [1.54, 1.807) is 18.3 Å². The first-order valence-electron chi connectivity index (χ1n) is 9.70. The molecule has 0 unspecified atom stereocenters. The molecule has 4 aromatic rings. The van der Waals surface area contributed by atoms with E-state index in [-0.39, 0.29) is 11.8 Å². The van der Waals surface area contributed by atoms with E-state index < -0.39 is 0 Å². The van der Waals surface area contributed by atoms with E-state index in [1.807, 2.05) is 48.7 Å². The van der Waals surface area contributed by atoms with Crippen LogP contribution in [0.2, 0.25) is 0 Å². The second kappa shape index (κ2) is 8.32. The third kappa shape index (κ3) is 4.15. The lowest BCUT2D eigenvalue weighted by Gasteiger charge is -2.11. The van der Waals surface area contributed by atoms with Gasteiger partial charge in [-0.1, -0.05) is 6.07 Å². The lowest BCUT2D eigenvalue weighted by atomic mass is 10.1. The predicted molar refractivity (Wildman–Crippen MR) is 116 cm³/mol. The number of rotatable bonds is 5. The highest BCUT2D eigenvalue weighted by Crippen LogP contribution is 2.23. The number of carbonyl (C=O) groups excluding carboxylic acids is 1. The maximum atomic E-state index is 13.3. The summed E-state index contributed by atoms with van der Waals surface area (Å²) in [5.74, 6) is 0.379. The van der Waals surface area contributed by atoms with Crippen LogP contribution in [0.4, 0.5) is 14.9 Å². The molecule has 0 saturated carbocycles. The van der Waals surface area contributed by atoms with Crippen LogP contribution in [0.1, 0.15) is 11.1 Å². The molecular formula is C23H22FN5O. The molecule has 0 spiro atoms. The Labute approximate surface area is 173 Å². The van der Waals surface area contributed by atoms with Crippen LogP contribution in [0.25, 0.3) is 22.6 Å². The number of benzene rings is 2. The van der Waals surface area contributed by atoms with Crippen LogP contribution in [0, 0.1) is 19.7 Å². The number of fused-ring (bicyclic) bond motifs is 1. The lowest BCUT2D eigenvalue weighted by molar-refractivity contribution is 0.251. The first-order chi connectivity index (χ1) is 14.5. The number of hydrogen-bond acceptors (Lipinski definition) is 3. The number of urea groups is 1. The van der Waals surface area contributed by atoms with Crippen LogP contribution >= 0.6 is 0 Å². The zero-order valence-electron chi connectivity index (χ0n) is 16.8. The number of aromatic nitrogens is 3. The summed E-state index contributed by atoms with van der Waals surface area (Å²) in [5.41, 5.74) is 5.29. The number of halogens is 1. The fourth-order valence-electron chi connectivity index (χ4n) is 3.27. The smallest absolute Gasteiger partial charge is 0.319 e. The number of pyridine rings is 1. The summed E-state index contributed by atoms with van der Waals surface area (Å²) in [6, 6.07) is 15.4. The summed E-state index contributed by atoms with van der Waals surface area (Å²) in [4.78, 5) is 21.4. The van der Waals surface area contributed by atoms with Crippen molar-refractivity contribution in [2.24, 2.45) is 0 Å². The second-order valence-electron chi connectivity index (χ2n) is 7.12. The Bertz CT molecular complexity index is 1200. The van der Waals surface area contributed by atoms with Gasteiger partial charge < -0.3 is 15.2 Å². The van der Waals surface area contributed by atoms with Crippen molar-refractivity contribution in [3.63, 3.8) is 0 Å². The monoisotopic (exact) mass is 403 g/mol. The summed E-state index contributed by atoms with van der Waals surface area (Å²) in [6.07, 6.45) is 1.70. The summed E-state index contributed by atoms with van der Waals surface area (Å²) in [5, 5.41) is 5.72. The minimum Gasteiger partial charge on any atom is -0.336 e. The number of aryl methyl sites for hydroxylation is 2. The van der Waals surface area contributed by atoms with Crippen molar-refractivity contribution in [3.8, 4) is 11.4 Å². The van der Waals surface area contributed by atoms with E-state index >= 15 is 0 Å². The molecule has 2 amide bonds. The van der Waals surface area contributed by atoms with Crippen molar-refractivity contribution in [3.05, 3.63) is 77.7 Å². The first kappa shape index (κ1) is 19.6. The molecule has 0 radical (unpaired) electrons. The number of carbonyl (C=O) groups is 1. The van der Waals surface area contributed by atoms with Crippen molar-refractivity contribution in [1.82, 2.24) is 19.9 Å². The van der Waals surface area contributed by atoms with Gasteiger partial charge in [0.05, 0.1) is 0 Å². The predicted octanol–water partition coefficient (Wildman–Crippen LogP) is 4.68. The number of nitrogens with zero attached hydrogens (tertiary/aromatic N) is 3. The molecule has 0 aliphatic rings. The van der Waals surface area contributed by atoms with Crippen LogP contribution < -0.4 is 10.6 Å². The minimum atomic E-state index is -0.302. The molecule has 0 saturated heterocycles. The van der Waals surface area contributed by atoms with E-state index in [4.69, 9.17) is 0 Å². The molecule has 152 valence electrons. The van der Waals surface area contributed by atoms with Crippen molar-refractivity contribution in [2.45, 2.75) is 20.4 Å². The summed E-state index contributed by atoms with van der Waals surface area (Å²) in [7, 11) is 0. The highest BCUT2D eigenvalue weighted by molar-refractivity contribution is 5.89. The minimum absolute atomic E-state index is 0.279. The molecule has 30 heavy (non-hydrogen) atoms. The van der Waals surface area contributed by atoms with Gasteiger partial charge in [0.2, 0.25) is 0 Å². The molecule has 2 N–H and O–H groups in total. The average Bonchev–Trinajstić information content (AvgIpc) is 3.10. The van der Waals surface area contributed by atoms with Gasteiger partial charge in [0.25, 0.3) is 0 Å². The maximum Gasteiger partial charge on any atom is 0.319 e. The Hall–Kier alpha value is -3.74. The van der Waals surface area contributed by atoms with Gasteiger partial charge in [-0.15, -0.1) is 0 Å². The fraction of sp³-hybridized carbons (Fsp3) is 0.174. The topological polar surface area (TPSA) is 71.8 Å². The maximum absolute atomic E-state index is 13.3. The standard InChI is InChI=1S/C23H22FN5O/c1-15-5-10-19(14-16(15)2)27-23(30)26-12-13-29-21(17-6-8-18(24)9-7-17)28-20-4-3-11-25-22(20)29/h3-11,14H,12-13H2,1-2H3,(H2,26,27,30). The fourth-order valence-corrected chi connectivity index (χ4v) is 3.27. The molecule has 4 rings (SSSR count). The van der Waals surface area contributed by atoms with Crippen molar-refractivity contribution in [2.75, 3.05) is 11.9 Å². The van der Waals surface area contributed by atoms with Gasteiger partial charge in [0.15, 0.2) is 5.65 Å². The van der Waals surface area contributed by atoms with Crippen LogP contribution in [0.3, 0.4) is 0 Å². The third-order valence-corrected chi connectivity index (χ3v) is 4.99. The molecular weight excluding hydrogens is 381 g/mol. The van der Waals surface area contributed by atoms with Gasteiger partial charge >= 0.3 is 6.03 Å². The van der Waals surface area contributed by atoms with E-state index in [1.165, 1.54) is 17.7 Å². The van der Waals surface area contributed by atoms with Crippen LogP contribution in [0.5, 0.6) is 0 Å². The van der Waals surface area contributed by atoms with Crippen molar-refractivity contribution in [1.29, 1.82) is 0 Å². The Morgan fingerprint density at radius 1 is 1.07 bits per heavy atom.